The van der Waals surface area contributed by atoms with E-state index in [1.54, 1.807) is 12.5 Å². The van der Waals surface area contributed by atoms with Crippen molar-refractivity contribution in [1.29, 1.82) is 0 Å². The average Bonchev–Trinajstić information content (AvgIpc) is 2.77. The molecule has 0 radical (unpaired) electrons. The van der Waals surface area contributed by atoms with Crippen LogP contribution in [0.1, 0.15) is 13.3 Å². The summed E-state index contributed by atoms with van der Waals surface area (Å²) < 4.78 is 1.86. The van der Waals surface area contributed by atoms with Crippen LogP contribution in [0.2, 0.25) is 0 Å². The zero-order valence-corrected chi connectivity index (χ0v) is 10.2. The van der Waals surface area contributed by atoms with E-state index < -0.39 is 0 Å². The molecule has 2 aromatic heterocycles. The molecule has 0 saturated heterocycles. The van der Waals surface area contributed by atoms with E-state index >= 15 is 0 Å². The Kier molecular flexibility index (Phi) is 3.61. The molecule has 86 valence electrons. The summed E-state index contributed by atoms with van der Waals surface area (Å²) in [4.78, 5) is 4.31. The smallest absolute Gasteiger partial charge is 0.203 e. The summed E-state index contributed by atoms with van der Waals surface area (Å²) in [5.74, 6) is 1.87. The normalized spacial score (nSPS) is 12.9. The lowest BCUT2D eigenvalue weighted by atomic mass is 10.2. The zero-order valence-electron chi connectivity index (χ0n) is 9.42. The largest absolute Gasteiger partial charge is 0.363 e. The van der Waals surface area contributed by atoms with E-state index in [9.17, 15) is 0 Å². The molecule has 6 heteroatoms. The Morgan fingerprint density at radius 2 is 2.44 bits per heavy atom. The Morgan fingerprint density at radius 3 is 3.19 bits per heavy atom. The van der Waals surface area contributed by atoms with Gasteiger partial charge in [-0.1, -0.05) is 6.92 Å². The Labute approximate surface area is 98.7 Å². The first kappa shape index (κ1) is 11.2. The van der Waals surface area contributed by atoms with Gasteiger partial charge in [-0.3, -0.25) is 4.40 Å². The molecule has 0 aliphatic rings. The third-order valence-corrected chi connectivity index (χ3v) is 3.15. The molecule has 0 aliphatic carbocycles. The van der Waals surface area contributed by atoms with E-state index in [2.05, 4.69) is 33.7 Å². The third kappa shape index (κ3) is 2.27. The van der Waals surface area contributed by atoms with Crippen molar-refractivity contribution >= 4 is 23.2 Å². The number of rotatable bonds is 5. The van der Waals surface area contributed by atoms with Crippen LogP contribution in [0.3, 0.4) is 0 Å². The number of fused-ring (bicyclic) bond motifs is 1. The zero-order chi connectivity index (χ0) is 11.4. The first-order valence-electron chi connectivity index (χ1n) is 5.25. The second kappa shape index (κ2) is 5.16. The Bertz CT molecular complexity index is 455. The number of nitrogens with one attached hydrogen (secondary N) is 1. The van der Waals surface area contributed by atoms with E-state index in [1.165, 1.54) is 0 Å². The maximum Gasteiger partial charge on any atom is 0.203 e. The molecule has 1 N–H and O–H groups in total. The van der Waals surface area contributed by atoms with Gasteiger partial charge in [0.2, 0.25) is 5.65 Å². The predicted molar refractivity (Wildman–Crippen MR) is 66.9 cm³/mol. The molecule has 2 heterocycles. The summed E-state index contributed by atoms with van der Waals surface area (Å²) in [5.41, 5.74) is 0.780. The molecule has 0 amide bonds. The summed E-state index contributed by atoms with van der Waals surface area (Å²) in [5, 5.41) is 11.3. The van der Waals surface area contributed by atoms with Crippen LogP contribution >= 0.6 is 11.8 Å². The predicted octanol–water partition coefficient (Wildman–Crippen LogP) is 1.68. The summed E-state index contributed by atoms with van der Waals surface area (Å²) in [6.07, 6.45) is 8.45. The highest BCUT2D eigenvalue weighted by molar-refractivity contribution is 7.98. The van der Waals surface area contributed by atoms with Crippen LogP contribution in [0, 0.1) is 0 Å². The molecular formula is C10H15N5S. The topological polar surface area (TPSA) is 55.1 Å². The van der Waals surface area contributed by atoms with Gasteiger partial charge in [0.25, 0.3) is 0 Å². The number of aromatic nitrogens is 4. The van der Waals surface area contributed by atoms with Crippen LogP contribution in [0.15, 0.2) is 18.7 Å². The van der Waals surface area contributed by atoms with Crippen molar-refractivity contribution in [3.8, 4) is 0 Å². The van der Waals surface area contributed by atoms with Crippen LogP contribution in [-0.2, 0) is 0 Å². The van der Waals surface area contributed by atoms with Crippen molar-refractivity contribution in [1.82, 2.24) is 19.6 Å². The fourth-order valence-electron chi connectivity index (χ4n) is 1.52. The molecule has 1 atom stereocenters. The highest BCUT2D eigenvalue weighted by Gasteiger charge is 2.09. The maximum atomic E-state index is 4.31. The van der Waals surface area contributed by atoms with Crippen molar-refractivity contribution in [2.45, 2.75) is 19.4 Å². The Morgan fingerprint density at radius 1 is 1.56 bits per heavy atom. The summed E-state index contributed by atoms with van der Waals surface area (Å²) in [6.45, 7) is 2.16. The van der Waals surface area contributed by atoms with Crippen molar-refractivity contribution < 1.29 is 0 Å². The van der Waals surface area contributed by atoms with Gasteiger partial charge in [0, 0.05) is 24.2 Å². The molecule has 0 bridgehead atoms. The minimum Gasteiger partial charge on any atom is -0.363 e. The average molecular weight is 237 g/mol. The van der Waals surface area contributed by atoms with Crippen molar-refractivity contribution in [3.63, 3.8) is 0 Å². The van der Waals surface area contributed by atoms with E-state index in [-0.39, 0.29) is 0 Å². The summed E-state index contributed by atoms with van der Waals surface area (Å²) >= 11 is 1.83. The van der Waals surface area contributed by atoms with Gasteiger partial charge >= 0.3 is 0 Å². The van der Waals surface area contributed by atoms with E-state index in [0.29, 0.717) is 6.04 Å². The van der Waals surface area contributed by atoms with Crippen LogP contribution in [-0.4, -0.2) is 37.6 Å². The minimum atomic E-state index is 0.422. The van der Waals surface area contributed by atoms with Gasteiger partial charge in [-0.25, -0.2) is 4.98 Å². The van der Waals surface area contributed by atoms with Crippen molar-refractivity contribution in [2.75, 3.05) is 17.3 Å². The highest BCUT2D eigenvalue weighted by Crippen LogP contribution is 2.13. The molecule has 1 unspecified atom stereocenters. The molecule has 0 saturated carbocycles. The molecule has 0 spiro atoms. The number of hydrogen-bond donors (Lipinski definition) is 1. The van der Waals surface area contributed by atoms with Gasteiger partial charge in [-0.2, -0.15) is 11.8 Å². The third-order valence-electron chi connectivity index (χ3n) is 2.42. The van der Waals surface area contributed by atoms with Gasteiger partial charge < -0.3 is 5.32 Å². The Balaban J connectivity index is 2.22. The second-order valence-electron chi connectivity index (χ2n) is 3.54. The number of anilines is 1. The van der Waals surface area contributed by atoms with Crippen LogP contribution in [0.5, 0.6) is 0 Å². The molecule has 2 rings (SSSR count). The molecule has 16 heavy (non-hydrogen) atoms. The monoisotopic (exact) mass is 237 g/mol. The Hall–Kier alpha value is -1.30. The standard InChI is InChI=1S/C10H15N5S/c1-3-8(6-16-2)13-9-10-14-12-7-15(10)5-4-11-9/h4-5,7-8H,3,6H2,1-2H3,(H,11,13). The van der Waals surface area contributed by atoms with Gasteiger partial charge in [-0.15, -0.1) is 10.2 Å². The molecule has 2 aromatic rings. The summed E-state index contributed by atoms with van der Waals surface area (Å²) in [7, 11) is 0. The molecule has 0 aliphatic heterocycles. The molecule has 5 nitrogen and oxygen atoms in total. The van der Waals surface area contributed by atoms with Crippen molar-refractivity contribution in [2.24, 2.45) is 0 Å². The summed E-state index contributed by atoms with van der Waals surface area (Å²) in [6, 6.07) is 0.422. The molecule has 0 aromatic carbocycles. The van der Waals surface area contributed by atoms with E-state index in [0.717, 1.165) is 23.6 Å². The SMILES string of the molecule is CCC(CSC)Nc1nccn2cnnc12. The van der Waals surface area contributed by atoms with Gasteiger partial charge in [0.15, 0.2) is 5.82 Å². The highest BCUT2D eigenvalue weighted by atomic mass is 32.2. The molecule has 0 fully saturated rings. The van der Waals surface area contributed by atoms with Crippen LogP contribution in [0.4, 0.5) is 5.82 Å². The molecular weight excluding hydrogens is 222 g/mol. The maximum absolute atomic E-state index is 4.31. The minimum absolute atomic E-state index is 0.422. The van der Waals surface area contributed by atoms with Crippen LogP contribution < -0.4 is 5.32 Å². The quantitative estimate of drug-likeness (QED) is 0.857. The van der Waals surface area contributed by atoms with Gasteiger partial charge in [-0.05, 0) is 12.7 Å². The number of hydrogen-bond acceptors (Lipinski definition) is 5. The fraction of sp³-hybridized carbons (Fsp3) is 0.500. The first-order chi connectivity index (χ1) is 7.85. The van der Waals surface area contributed by atoms with Crippen LogP contribution in [0.25, 0.3) is 5.65 Å². The fourth-order valence-corrected chi connectivity index (χ4v) is 2.24. The van der Waals surface area contributed by atoms with Gasteiger partial charge in [0.1, 0.15) is 6.33 Å². The van der Waals surface area contributed by atoms with E-state index in [4.69, 9.17) is 0 Å². The second-order valence-corrected chi connectivity index (χ2v) is 4.45. The number of nitrogens with zero attached hydrogens (tertiary/aromatic N) is 4. The lowest BCUT2D eigenvalue weighted by Gasteiger charge is -2.16. The lowest BCUT2D eigenvalue weighted by Crippen LogP contribution is -2.22. The van der Waals surface area contributed by atoms with Gasteiger partial charge in [0.05, 0.1) is 0 Å². The van der Waals surface area contributed by atoms with E-state index in [1.807, 2.05) is 22.4 Å². The number of thioether (sulfide) groups is 1. The van der Waals surface area contributed by atoms with Crippen molar-refractivity contribution in [3.05, 3.63) is 18.7 Å². The first-order valence-corrected chi connectivity index (χ1v) is 6.64. The lowest BCUT2D eigenvalue weighted by molar-refractivity contribution is 0.769.